The molecule has 8 heteroatoms. The van der Waals surface area contributed by atoms with Crippen LogP contribution in [-0.4, -0.2) is 24.8 Å². The second-order valence-electron chi connectivity index (χ2n) is 6.88. The number of ether oxygens (including phenoxy) is 1. The number of benzene rings is 3. The van der Waals surface area contributed by atoms with Crippen LogP contribution in [0.25, 0.3) is 11.1 Å². The number of nitrogens with zero attached hydrogens (tertiary/aromatic N) is 1. The zero-order chi connectivity index (χ0) is 23.1. The predicted octanol–water partition coefficient (Wildman–Crippen LogP) is 7.14. The third-order valence-corrected chi connectivity index (χ3v) is 4.60. The molecule has 168 valence electrons. The highest BCUT2D eigenvalue weighted by Gasteiger charge is 2.43. The maximum atomic E-state index is 13.2. The van der Waals surface area contributed by atoms with Crippen molar-refractivity contribution in [3.63, 3.8) is 0 Å². The molecule has 32 heavy (non-hydrogen) atoms. The maximum absolute atomic E-state index is 13.2. The van der Waals surface area contributed by atoms with E-state index in [4.69, 9.17) is 0 Å². The first-order chi connectivity index (χ1) is 15.3. The van der Waals surface area contributed by atoms with Crippen LogP contribution in [0.2, 0.25) is 0 Å². The molecule has 3 aromatic carbocycles. The van der Waals surface area contributed by atoms with Gasteiger partial charge in [-0.1, -0.05) is 48.5 Å². The molecule has 0 saturated carbocycles. The topological polar surface area (TPSA) is 21.6 Å². The maximum Gasteiger partial charge on any atom is 0.461 e. The zero-order valence-electron chi connectivity index (χ0n) is 16.8. The summed E-state index contributed by atoms with van der Waals surface area (Å²) < 4.78 is 79.6. The van der Waals surface area contributed by atoms with Crippen LogP contribution in [-0.2, 0) is 0 Å². The summed E-state index contributed by atoms with van der Waals surface area (Å²) in [5.74, 6) is -1.33. The van der Waals surface area contributed by atoms with Gasteiger partial charge >= 0.3 is 12.5 Å². The Kier molecular flexibility index (Phi) is 7.56. The predicted molar refractivity (Wildman–Crippen MR) is 110 cm³/mol. The molecular formula is C24H19F6NO. The van der Waals surface area contributed by atoms with Crippen molar-refractivity contribution in [1.82, 2.24) is 0 Å². The van der Waals surface area contributed by atoms with E-state index in [9.17, 15) is 26.3 Å². The molecule has 0 aliphatic carbocycles. The Balaban J connectivity index is 0.000000193. The third-order valence-electron chi connectivity index (χ3n) is 4.60. The average molecular weight is 451 g/mol. The van der Waals surface area contributed by atoms with Gasteiger partial charge in [-0.2, -0.15) is 17.6 Å². The molecule has 1 heterocycles. The molecule has 0 radical (unpaired) electrons. The lowest BCUT2D eigenvalue weighted by atomic mass is 10.1. The van der Waals surface area contributed by atoms with E-state index in [1.807, 2.05) is 30.3 Å². The largest absolute Gasteiger partial charge is 0.461 e. The summed E-state index contributed by atoms with van der Waals surface area (Å²) in [5.41, 5.74) is 2.30. The van der Waals surface area contributed by atoms with Gasteiger partial charge in [0.1, 0.15) is 17.4 Å². The number of rotatable bonds is 5. The Morgan fingerprint density at radius 1 is 0.781 bits per heavy atom. The monoisotopic (exact) mass is 451 g/mol. The number of hydrogen-bond acceptors (Lipinski definition) is 2. The van der Waals surface area contributed by atoms with E-state index < -0.39 is 24.2 Å². The van der Waals surface area contributed by atoms with Gasteiger partial charge in [0.05, 0.1) is 5.56 Å². The van der Waals surface area contributed by atoms with Crippen molar-refractivity contribution in [2.45, 2.75) is 25.4 Å². The number of alkyl halides is 4. The van der Waals surface area contributed by atoms with Gasteiger partial charge in [-0.15, -0.1) is 0 Å². The second kappa shape index (κ2) is 10.3. The molecule has 2 nitrogen and oxygen atoms in total. The lowest BCUT2D eigenvalue weighted by molar-refractivity contribution is -0.253. The van der Waals surface area contributed by atoms with E-state index in [0.29, 0.717) is 18.7 Å². The van der Waals surface area contributed by atoms with Gasteiger partial charge in [0.15, 0.2) is 0 Å². The molecule has 0 spiro atoms. The first-order valence-electron chi connectivity index (χ1n) is 9.76. The minimum atomic E-state index is -4.48. The van der Waals surface area contributed by atoms with E-state index in [0.717, 1.165) is 17.5 Å². The molecule has 3 aromatic rings. The first-order valence-corrected chi connectivity index (χ1v) is 9.76. The van der Waals surface area contributed by atoms with Gasteiger partial charge < -0.3 is 4.74 Å². The molecule has 0 bridgehead atoms. The van der Waals surface area contributed by atoms with Crippen LogP contribution in [0.15, 0.2) is 77.8 Å². The smallest absolute Gasteiger partial charge is 0.428 e. The molecule has 1 aliphatic rings. The number of aliphatic imine (C=N–C) groups is 1. The lowest BCUT2D eigenvalue weighted by Gasteiger charge is -2.16. The minimum absolute atomic E-state index is 0.0556. The molecule has 0 amide bonds. The highest BCUT2D eigenvalue weighted by molar-refractivity contribution is 6.01. The normalized spacial score (nSPS) is 13.4. The Bertz CT molecular complexity index is 1030. The standard InChI is InChI=1S/C14H10F4O.C10H9F2N/c15-13(16)14(17,18)19-12-8-6-11(7-9-12)10-4-2-1-3-5-10;11-7-3-1-4-8(12)10(7)9-5-2-6-13-9/h1-9,13H;1,3-4H,2,5-6H2. The van der Waals surface area contributed by atoms with E-state index in [-0.39, 0.29) is 11.3 Å². The Morgan fingerprint density at radius 2 is 1.38 bits per heavy atom. The molecule has 1 aliphatic heterocycles. The van der Waals surface area contributed by atoms with Gasteiger partial charge in [-0.25, -0.2) is 8.78 Å². The molecule has 0 saturated heterocycles. The number of hydrogen-bond donors (Lipinski definition) is 0. The summed E-state index contributed by atoms with van der Waals surface area (Å²) in [5, 5.41) is 0. The Hall–Kier alpha value is -3.29. The van der Waals surface area contributed by atoms with Crippen molar-refractivity contribution in [2.24, 2.45) is 4.99 Å². The van der Waals surface area contributed by atoms with Crippen molar-refractivity contribution >= 4 is 5.71 Å². The second-order valence-corrected chi connectivity index (χ2v) is 6.88. The SMILES string of the molecule is FC(F)C(F)(F)Oc1ccc(-c2ccccc2)cc1.Fc1cccc(F)c1C1=NCCC1. The summed E-state index contributed by atoms with van der Waals surface area (Å²) >= 11 is 0. The van der Waals surface area contributed by atoms with E-state index >= 15 is 0 Å². The third kappa shape index (κ3) is 5.90. The first kappa shape index (κ1) is 23.4. The van der Waals surface area contributed by atoms with Crippen LogP contribution >= 0.6 is 0 Å². The van der Waals surface area contributed by atoms with Crippen LogP contribution in [0.5, 0.6) is 5.75 Å². The van der Waals surface area contributed by atoms with E-state index in [1.165, 1.54) is 42.5 Å². The van der Waals surface area contributed by atoms with Crippen LogP contribution in [0, 0.1) is 11.6 Å². The zero-order valence-corrected chi connectivity index (χ0v) is 16.8. The summed E-state index contributed by atoms with van der Waals surface area (Å²) in [4.78, 5) is 4.06. The van der Waals surface area contributed by atoms with E-state index in [1.54, 1.807) is 0 Å². The van der Waals surface area contributed by atoms with Gasteiger partial charge in [0.25, 0.3) is 0 Å². The Morgan fingerprint density at radius 3 is 1.91 bits per heavy atom. The highest BCUT2D eigenvalue weighted by Crippen LogP contribution is 2.29. The van der Waals surface area contributed by atoms with Crippen LogP contribution in [0.4, 0.5) is 26.3 Å². The highest BCUT2D eigenvalue weighted by atomic mass is 19.3. The molecular weight excluding hydrogens is 432 g/mol. The molecule has 0 aromatic heterocycles. The summed E-state index contributed by atoms with van der Waals surface area (Å²) in [6.07, 6.45) is -6.77. The van der Waals surface area contributed by atoms with Crippen molar-refractivity contribution in [3.8, 4) is 16.9 Å². The molecule has 0 atom stereocenters. The van der Waals surface area contributed by atoms with Crippen molar-refractivity contribution in [2.75, 3.05) is 6.54 Å². The molecule has 0 N–H and O–H groups in total. The quantitative estimate of drug-likeness (QED) is 0.378. The Labute approximate surface area is 181 Å². The lowest BCUT2D eigenvalue weighted by Crippen LogP contribution is -2.33. The fourth-order valence-corrected chi connectivity index (χ4v) is 3.06. The summed E-state index contributed by atoms with van der Waals surface area (Å²) in [7, 11) is 0. The van der Waals surface area contributed by atoms with Crippen LogP contribution in [0.1, 0.15) is 18.4 Å². The number of halogens is 6. The molecule has 0 unspecified atom stereocenters. The van der Waals surface area contributed by atoms with Crippen molar-refractivity contribution < 1.29 is 31.1 Å². The van der Waals surface area contributed by atoms with Gasteiger partial charge in [0.2, 0.25) is 0 Å². The van der Waals surface area contributed by atoms with Crippen LogP contribution < -0.4 is 4.74 Å². The van der Waals surface area contributed by atoms with Gasteiger partial charge in [-0.3, -0.25) is 4.99 Å². The van der Waals surface area contributed by atoms with Crippen molar-refractivity contribution in [1.29, 1.82) is 0 Å². The molecule has 0 fully saturated rings. The fraction of sp³-hybridized carbons (Fsp3) is 0.208. The minimum Gasteiger partial charge on any atom is -0.428 e. The summed E-state index contributed by atoms with van der Waals surface area (Å²) in [6, 6.07) is 18.7. The van der Waals surface area contributed by atoms with Crippen LogP contribution in [0.3, 0.4) is 0 Å². The van der Waals surface area contributed by atoms with E-state index in [2.05, 4.69) is 9.73 Å². The molecule has 4 rings (SSSR count). The summed E-state index contributed by atoms with van der Waals surface area (Å²) in [6.45, 7) is 0.684. The van der Waals surface area contributed by atoms with Gasteiger partial charge in [-0.05, 0) is 48.2 Å². The van der Waals surface area contributed by atoms with Gasteiger partial charge in [0, 0.05) is 12.3 Å². The average Bonchev–Trinajstić information content (AvgIpc) is 3.29. The fourth-order valence-electron chi connectivity index (χ4n) is 3.06. The van der Waals surface area contributed by atoms with Crippen molar-refractivity contribution in [3.05, 3.63) is 90.0 Å².